The highest BCUT2D eigenvalue weighted by atomic mass is 16.5. The third-order valence-corrected chi connectivity index (χ3v) is 7.99. The molecule has 0 radical (unpaired) electrons. The van der Waals surface area contributed by atoms with Gasteiger partial charge in [0, 0.05) is 69.8 Å². The lowest BCUT2D eigenvalue weighted by Crippen LogP contribution is -2.39. The quantitative estimate of drug-likeness (QED) is 0.492. The number of anilines is 2. The number of carbonyl (C=O) groups is 1. The summed E-state index contributed by atoms with van der Waals surface area (Å²) >= 11 is 0. The predicted octanol–water partition coefficient (Wildman–Crippen LogP) is 4.00. The molecule has 0 aromatic heterocycles. The van der Waals surface area contributed by atoms with Crippen LogP contribution in [0, 0.1) is 0 Å². The third kappa shape index (κ3) is 5.92. The molecule has 2 saturated heterocycles. The van der Waals surface area contributed by atoms with Crippen LogP contribution in [0.15, 0.2) is 36.4 Å². The molecule has 2 atom stereocenters. The average molecular weight is 524 g/mol. The van der Waals surface area contributed by atoms with Gasteiger partial charge in [0.15, 0.2) is 0 Å². The second-order valence-corrected chi connectivity index (χ2v) is 10.5. The molecule has 2 unspecified atom stereocenters. The monoisotopic (exact) mass is 523 g/mol. The third-order valence-electron chi connectivity index (χ3n) is 7.99. The van der Waals surface area contributed by atoms with Crippen molar-refractivity contribution >= 4 is 17.3 Å². The van der Waals surface area contributed by atoms with Gasteiger partial charge < -0.3 is 28.7 Å². The summed E-state index contributed by atoms with van der Waals surface area (Å²) in [6.07, 6.45) is 4.18. The number of benzene rings is 2. The van der Waals surface area contributed by atoms with Crippen molar-refractivity contribution in [1.29, 1.82) is 0 Å². The van der Waals surface area contributed by atoms with Crippen LogP contribution in [-0.2, 0) is 15.9 Å². The van der Waals surface area contributed by atoms with Gasteiger partial charge >= 0.3 is 0 Å². The Morgan fingerprint density at radius 3 is 2.71 bits per heavy atom. The van der Waals surface area contributed by atoms with E-state index < -0.39 is 0 Å². The van der Waals surface area contributed by atoms with Crippen LogP contribution in [-0.4, -0.2) is 89.7 Å². The van der Waals surface area contributed by atoms with Crippen LogP contribution in [0.4, 0.5) is 11.4 Å². The number of hydrogen-bond acceptors (Lipinski definition) is 7. The van der Waals surface area contributed by atoms with Crippen LogP contribution in [0.1, 0.15) is 42.1 Å². The number of amides is 1. The second kappa shape index (κ2) is 12.4. The van der Waals surface area contributed by atoms with Gasteiger partial charge in [-0.05, 0) is 68.5 Å². The number of methoxy groups -OCH3 is 2. The van der Waals surface area contributed by atoms with Gasteiger partial charge in [-0.3, -0.25) is 9.69 Å². The zero-order valence-corrected chi connectivity index (χ0v) is 23.0. The van der Waals surface area contributed by atoms with E-state index in [0.717, 1.165) is 99.1 Å². The van der Waals surface area contributed by atoms with E-state index in [4.69, 9.17) is 18.9 Å². The SMILES string of the molecule is COCC(C)N1CCCN(c2ccc(N3CCc4cc(OCC5CCCO5)ccc4C3=O)cc2OC)CC1. The Balaban J connectivity index is 1.26. The molecule has 2 fully saturated rings. The number of rotatable bonds is 9. The molecule has 2 aromatic carbocycles. The van der Waals surface area contributed by atoms with Crippen LogP contribution in [0.25, 0.3) is 0 Å². The van der Waals surface area contributed by atoms with Crippen molar-refractivity contribution in [2.45, 2.75) is 44.8 Å². The van der Waals surface area contributed by atoms with Crippen molar-refractivity contribution in [2.24, 2.45) is 0 Å². The zero-order valence-electron chi connectivity index (χ0n) is 23.0. The number of nitrogens with zero attached hydrogens (tertiary/aromatic N) is 3. The summed E-state index contributed by atoms with van der Waals surface area (Å²) in [6, 6.07) is 12.4. The lowest BCUT2D eigenvalue weighted by Gasteiger charge is -2.31. The van der Waals surface area contributed by atoms with E-state index >= 15 is 0 Å². The summed E-state index contributed by atoms with van der Waals surface area (Å²) in [5, 5.41) is 0. The molecule has 2 aromatic rings. The minimum Gasteiger partial charge on any atom is -0.495 e. The number of fused-ring (bicyclic) bond motifs is 1. The maximum Gasteiger partial charge on any atom is 0.258 e. The first-order valence-corrected chi connectivity index (χ1v) is 13.9. The van der Waals surface area contributed by atoms with Crippen LogP contribution in [0.5, 0.6) is 11.5 Å². The molecule has 206 valence electrons. The molecule has 3 aliphatic rings. The molecule has 0 spiro atoms. The van der Waals surface area contributed by atoms with Crippen LogP contribution in [0.2, 0.25) is 0 Å². The topological polar surface area (TPSA) is 63.7 Å². The van der Waals surface area contributed by atoms with Crippen LogP contribution in [0.3, 0.4) is 0 Å². The van der Waals surface area contributed by atoms with Gasteiger partial charge in [-0.2, -0.15) is 0 Å². The van der Waals surface area contributed by atoms with Gasteiger partial charge in [0.05, 0.1) is 25.5 Å². The molecule has 3 aliphatic heterocycles. The molecular weight excluding hydrogens is 482 g/mol. The normalized spacial score (nSPS) is 21.2. The van der Waals surface area contributed by atoms with Gasteiger partial charge in [0.25, 0.3) is 5.91 Å². The molecule has 0 N–H and O–H groups in total. The predicted molar refractivity (Wildman–Crippen MR) is 149 cm³/mol. The number of carbonyl (C=O) groups excluding carboxylic acids is 1. The molecule has 8 heteroatoms. The summed E-state index contributed by atoms with van der Waals surface area (Å²) in [6.45, 7) is 8.91. The maximum atomic E-state index is 13.5. The molecule has 3 heterocycles. The Labute approximate surface area is 226 Å². The smallest absolute Gasteiger partial charge is 0.258 e. The lowest BCUT2D eigenvalue weighted by molar-refractivity contribution is 0.0679. The van der Waals surface area contributed by atoms with Crippen molar-refractivity contribution < 1.29 is 23.7 Å². The Bertz CT molecular complexity index is 1100. The van der Waals surface area contributed by atoms with E-state index in [1.54, 1.807) is 14.2 Å². The van der Waals surface area contributed by atoms with E-state index in [2.05, 4.69) is 28.9 Å². The Kier molecular flexibility index (Phi) is 8.72. The summed E-state index contributed by atoms with van der Waals surface area (Å²) in [5.74, 6) is 1.63. The fraction of sp³-hybridized carbons (Fsp3) is 0.567. The molecule has 8 nitrogen and oxygen atoms in total. The summed E-state index contributed by atoms with van der Waals surface area (Å²) in [5.41, 5.74) is 3.72. The Morgan fingerprint density at radius 1 is 1.03 bits per heavy atom. The zero-order chi connectivity index (χ0) is 26.5. The highest BCUT2D eigenvalue weighted by Gasteiger charge is 2.28. The molecule has 0 saturated carbocycles. The molecular formula is C30H41N3O5. The molecule has 0 bridgehead atoms. The summed E-state index contributed by atoms with van der Waals surface area (Å²) in [4.78, 5) is 20.2. The fourth-order valence-corrected chi connectivity index (χ4v) is 5.83. The molecule has 38 heavy (non-hydrogen) atoms. The molecule has 0 aliphatic carbocycles. The van der Waals surface area contributed by atoms with Crippen molar-refractivity contribution in [1.82, 2.24) is 4.90 Å². The van der Waals surface area contributed by atoms with Gasteiger partial charge in [-0.25, -0.2) is 0 Å². The van der Waals surface area contributed by atoms with Crippen molar-refractivity contribution in [2.75, 3.05) is 76.6 Å². The Morgan fingerprint density at radius 2 is 1.92 bits per heavy atom. The van der Waals surface area contributed by atoms with Gasteiger partial charge in [-0.15, -0.1) is 0 Å². The lowest BCUT2D eigenvalue weighted by atomic mass is 9.98. The van der Waals surface area contributed by atoms with Gasteiger partial charge in [0.1, 0.15) is 18.1 Å². The maximum absolute atomic E-state index is 13.5. The summed E-state index contributed by atoms with van der Waals surface area (Å²) in [7, 11) is 3.47. The first-order chi connectivity index (χ1) is 18.6. The second-order valence-electron chi connectivity index (χ2n) is 10.5. The highest BCUT2D eigenvalue weighted by molar-refractivity contribution is 6.08. The van der Waals surface area contributed by atoms with E-state index in [1.165, 1.54) is 0 Å². The van der Waals surface area contributed by atoms with Gasteiger partial charge in [-0.1, -0.05) is 0 Å². The highest BCUT2D eigenvalue weighted by Crippen LogP contribution is 2.35. The van der Waals surface area contributed by atoms with Crippen LogP contribution < -0.4 is 19.3 Å². The van der Waals surface area contributed by atoms with Crippen LogP contribution >= 0.6 is 0 Å². The van der Waals surface area contributed by atoms with Crippen molar-refractivity contribution in [3.05, 3.63) is 47.5 Å². The average Bonchev–Trinajstić information content (AvgIpc) is 3.34. The Hall–Kier alpha value is -2.81. The largest absolute Gasteiger partial charge is 0.495 e. The summed E-state index contributed by atoms with van der Waals surface area (Å²) < 4.78 is 22.8. The fourth-order valence-electron chi connectivity index (χ4n) is 5.83. The van der Waals surface area contributed by atoms with Crippen molar-refractivity contribution in [3.8, 4) is 11.5 Å². The number of ether oxygens (including phenoxy) is 4. The molecule has 1 amide bonds. The minimum atomic E-state index is 0.0178. The first kappa shape index (κ1) is 26.8. The van der Waals surface area contributed by atoms with E-state index in [1.807, 2.05) is 29.2 Å². The van der Waals surface area contributed by atoms with E-state index in [9.17, 15) is 4.79 Å². The first-order valence-electron chi connectivity index (χ1n) is 13.9. The van der Waals surface area contributed by atoms with Crippen molar-refractivity contribution in [3.63, 3.8) is 0 Å². The van der Waals surface area contributed by atoms with E-state index in [0.29, 0.717) is 19.2 Å². The number of hydrogen-bond donors (Lipinski definition) is 0. The minimum absolute atomic E-state index is 0.0178. The standard InChI is InChI=1S/C30H41N3O5/c1-22(20-35-2)31-12-5-13-32(16-15-31)28-10-7-24(19-29(28)36-3)33-14-11-23-18-25(8-9-27(23)30(33)34)38-21-26-6-4-17-37-26/h7-10,18-19,22,26H,4-6,11-17,20-21H2,1-3H3. The molecule has 5 rings (SSSR count). The van der Waals surface area contributed by atoms with E-state index in [-0.39, 0.29) is 12.0 Å². The van der Waals surface area contributed by atoms with Gasteiger partial charge in [0.2, 0.25) is 0 Å².